The molecule has 7 nitrogen and oxygen atoms in total. The average molecular weight is 246 g/mol. The number of carbonyl (C=O) groups is 1. The summed E-state index contributed by atoms with van der Waals surface area (Å²) < 4.78 is 0. The van der Waals surface area contributed by atoms with Gasteiger partial charge in [-0.1, -0.05) is 0 Å². The van der Waals surface area contributed by atoms with Crippen LogP contribution in [0.25, 0.3) is 0 Å². The highest BCUT2D eigenvalue weighted by molar-refractivity contribution is 5.94. The summed E-state index contributed by atoms with van der Waals surface area (Å²) in [6.45, 7) is 0.385. The Bertz CT molecular complexity index is 524. The van der Waals surface area contributed by atoms with Gasteiger partial charge in [-0.05, 0) is 12.1 Å². The lowest BCUT2D eigenvalue weighted by atomic mass is 10.2. The molecule has 0 radical (unpaired) electrons. The lowest BCUT2D eigenvalue weighted by molar-refractivity contribution is 0.0781. The van der Waals surface area contributed by atoms with Crippen LogP contribution in [0, 0.1) is 0 Å². The van der Waals surface area contributed by atoms with Crippen molar-refractivity contribution in [1.29, 1.82) is 0 Å². The maximum atomic E-state index is 12.1. The van der Waals surface area contributed by atoms with E-state index in [0.29, 0.717) is 23.8 Å². The molecule has 0 unspecified atom stereocenters. The van der Waals surface area contributed by atoms with Gasteiger partial charge in [0.1, 0.15) is 18.0 Å². The van der Waals surface area contributed by atoms with Gasteiger partial charge >= 0.3 is 0 Å². The molecule has 2 N–H and O–H groups in total. The molecule has 0 aromatic carbocycles. The number of nitrogens with one attached hydrogen (secondary N) is 2. The Hall–Kier alpha value is -2.44. The minimum Gasteiger partial charge on any atom is -0.373 e. The summed E-state index contributed by atoms with van der Waals surface area (Å²) >= 11 is 0. The molecule has 0 fully saturated rings. The highest BCUT2D eigenvalue weighted by Gasteiger charge is 2.13. The van der Waals surface area contributed by atoms with Gasteiger partial charge in [0, 0.05) is 25.9 Å². The molecule has 1 amide bonds. The van der Waals surface area contributed by atoms with Crippen molar-refractivity contribution in [2.45, 2.75) is 6.54 Å². The van der Waals surface area contributed by atoms with Gasteiger partial charge in [-0.25, -0.2) is 9.97 Å². The van der Waals surface area contributed by atoms with Gasteiger partial charge in [0.2, 0.25) is 0 Å². The molecule has 18 heavy (non-hydrogen) atoms. The molecule has 0 saturated heterocycles. The topological polar surface area (TPSA) is 86.8 Å². The second-order valence-electron chi connectivity index (χ2n) is 3.77. The molecule has 0 saturated carbocycles. The fourth-order valence-corrected chi connectivity index (χ4v) is 1.52. The van der Waals surface area contributed by atoms with Gasteiger partial charge in [0.15, 0.2) is 0 Å². The fourth-order valence-electron chi connectivity index (χ4n) is 1.52. The van der Waals surface area contributed by atoms with Crippen LogP contribution in [-0.4, -0.2) is 45.1 Å². The van der Waals surface area contributed by atoms with E-state index in [1.165, 1.54) is 6.33 Å². The van der Waals surface area contributed by atoms with E-state index in [9.17, 15) is 4.79 Å². The third kappa shape index (κ3) is 2.62. The van der Waals surface area contributed by atoms with Gasteiger partial charge < -0.3 is 10.2 Å². The van der Waals surface area contributed by atoms with Gasteiger partial charge in [0.05, 0.1) is 6.54 Å². The smallest absolute Gasteiger partial charge is 0.254 e. The van der Waals surface area contributed by atoms with Crippen molar-refractivity contribution in [3.8, 4) is 0 Å². The highest BCUT2D eigenvalue weighted by Crippen LogP contribution is 2.09. The number of amides is 1. The van der Waals surface area contributed by atoms with Crippen molar-refractivity contribution < 1.29 is 4.79 Å². The summed E-state index contributed by atoms with van der Waals surface area (Å²) in [6.07, 6.45) is 3.01. The molecule has 0 spiro atoms. The first kappa shape index (κ1) is 12.0. The normalized spacial score (nSPS) is 10.1. The van der Waals surface area contributed by atoms with Crippen LogP contribution >= 0.6 is 0 Å². The zero-order chi connectivity index (χ0) is 13.0. The SMILES string of the molecule is CNc1cc(C(=O)N(C)Cc2ncn[nH]2)ccn1. The molecule has 94 valence electrons. The number of aromatic nitrogens is 4. The van der Waals surface area contributed by atoms with Crippen molar-refractivity contribution >= 4 is 11.7 Å². The summed E-state index contributed by atoms with van der Waals surface area (Å²) in [4.78, 5) is 21.8. The molecular weight excluding hydrogens is 232 g/mol. The summed E-state index contributed by atoms with van der Waals surface area (Å²) in [7, 11) is 3.47. The van der Waals surface area contributed by atoms with E-state index in [1.54, 1.807) is 37.3 Å². The van der Waals surface area contributed by atoms with Crippen molar-refractivity contribution in [2.24, 2.45) is 0 Å². The van der Waals surface area contributed by atoms with E-state index in [1.807, 2.05) is 0 Å². The molecule has 0 aliphatic carbocycles. The first-order valence-corrected chi connectivity index (χ1v) is 5.44. The Kier molecular flexibility index (Phi) is 3.52. The van der Waals surface area contributed by atoms with Crippen LogP contribution in [0.4, 0.5) is 5.82 Å². The number of hydrogen-bond donors (Lipinski definition) is 2. The van der Waals surface area contributed by atoms with E-state index in [0.717, 1.165) is 0 Å². The monoisotopic (exact) mass is 246 g/mol. The fraction of sp³-hybridized carbons (Fsp3) is 0.273. The summed E-state index contributed by atoms with van der Waals surface area (Å²) in [5.74, 6) is 1.22. The molecular formula is C11H14N6O. The molecule has 2 aromatic rings. The highest BCUT2D eigenvalue weighted by atomic mass is 16.2. The van der Waals surface area contributed by atoms with Crippen LogP contribution in [0.15, 0.2) is 24.7 Å². The Labute approximate surface area is 104 Å². The van der Waals surface area contributed by atoms with Crippen LogP contribution in [0.1, 0.15) is 16.2 Å². The van der Waals surface area contributed by atoms with E-state index in [-0.39, 0.29) is 5.91 Å². The number of carbonyl (C=O) groups excluding carboxylic acids is 1. The van der Waals surface area contributed by atoms with Crippen molar-refractivity contribution in [3.63, 3.8) is 0 Å². The van der Waals surface area contributed by atoms with Crippen molar-refractivity contribution in [3.05, 3.63) is 36.0 Å². The van der Waals surface area contributed by atoms with Crippen LogP contribution < -0.4 is 5.32 Å². The van der Waals surface area contributed by atoms with Gasteiger partial charge in [-0.3, -0.25) is 9.89 Å². The molecule has 2 heterocycles. The standard InChI is InChI=1S/C11H14N6O/c1-12-9-5-8(3-4-13-9)11(18)17(2)6-10-14-7-15-16-10/h3-5,7H,6H2,1-2H3,(H,12,13)(H,14,15,16). The predicted octanol–water partition coefficient (Wildman–Crippen LogP) is 0.514. The van der Waals surface area contributed by atoms with Crippen LogP contribution in [-0.2, 0) is 6.54 Å². The minimum absolute atomic E-state index is 0.0923. The predicted molar refractivity (Wildman–Crippen MR) is 66.0 cm³/mol. The Balaban J connectivity index is 2.10. The second kappa shape index (κ2) is 5.26. The summed E-state index contributed by atoms with van der Waals surface area (Å²) in [6, 6.07) is 3.39. The molecule has 2 aromatic heterocycles. The maximum Gasteiger partial charge on any atom is 0.254 e. The number of pyridine rings is 1. The number of aromatic amines is 1. The quantitative estimate of drug-likeness (QED) is 0.821. The number of nitrogens with zero attached hydrogens (tertiary/aromatic N) is 4. The molecule has 0 aliphatic heterocycles. The van der Waals surface area contributed by atoms with E-state index < -0.39 is 0 Å². The zero-order valence-corrected chi connectivity index (χ0v) is 10.2. The van der Waals surface area contributed by atoms with Crippen LogP contribution in [0.5, 0.6) is 0 Å². The Morgan fingerprint density at radius 1 is 1.50 bits per heavy atom. The van der Waals surface area contributed by atoms with Gasteiger partial charge in [-0.2, -0.15) is 5.10 Å². The van der Waals surface area contributed by atoms with Crippen molar-refractivity contribution in [2.75, 3.05) is 19.4 Å². The van der Waals surface area contributed by atoms with Gasteiger partial charge in [0.25, 0.3) is 5.91 Å². The number of H-pyrrole nitrogens is 1. The Morgan fingerprint density at radius 2 is 2.33 bits per heavy atom. The molecule has 0 atom stereocenters. The number of hydrogen-bond acceptors (Lipinski definition) is 5. The third-order valence-electron chi connectivity index (χ3n) is 2.46. The first-order valence-electron chi connectivity index (χ1n) is 5.44. The maximum absolute atomic E-state index is 12.1. The third-order valence-corrected chi connectivity index (χ3v) is 2.46. The lowest BCUT2D eigenvalue weighted by Gasteiger charge is -2.15. The lowest BCUT2D eigenvalue weighted by Crippen LogP contribution is -2.26. The second-order valence-corrected chi connectivity index (χ2v) is 3.77. The van der Waals surface area contributed by atoms with Crippen LogP contribution in [0.2, 0.25) is 0 Å². The minimum atomic E-state index is -0.0923. The molecule has 0 aliphatic rings. The summed E-state index contributed by atoms with van der Waals surface area (Å²) in [5.41, 5.74) is 0.580. The van der Waals surface area contributed by atoms with Crippen molar-refractivity contribution in [1.82, 2.24) is 25.1 Å². The van der Waals surface area contributed by atoms with E-state index >= 15 is 0 Å². The number of anilines is 1. The summed E-state index contributed by atoms with van der Waals surface area (Å²) in [5, 5.41) is 9.35. The Morgan fingerprint density at radius 3 is 3.00 bits per heavy atom. The zero-order valence-electron chi connectivity index (χ0n) is 10.2. The average Bonchev–Trinajstić information content (AvgIpc) is 2.90. The molecule has 0 bridgehead atoms. The molecule has 2 rings (SSSR count). The van der Waals surface area contributed by atoms with Gasteiger partial charge in [-0.15, -0.1) is 0 Å². The van der Waals surface area contributed by atoms with Crippen LogP contribution in [0.3, 0.4) is 0 Å². The van der Waals surface area contributed by atoms with E-state index in [2.05, 4.69) is 25.5 Å². The largest absolute Gasteiger partial charge is 0.373 e. The van der Waals surface area contributed by atoms with E-state index in [4.69, 9.17) is 0 Å². The number of rotatable bonds is 4. The molecule has 7 heteroatoms. The first-order chi connectivity index (χ1) is 8.70.